The molecule has 0 atom stereocenters. The van der Waals surface area contributed by atoms with Gasteiger partial charge >= 0.3 is 0 Å². The lowest BCUT2D eigenvalue weighted by molar-refractivity contribution is -0.120. The van der Waals surface area contributed by atoms with Gasteiger partial charge in [-0.3, -0.25) is 9.59 Å². The Balaban J connectivity index is 1.87. The van der Waals surface area contributed by atoms with Crippen LogP contribution in [0.15, 0.2) is 48.2 Å². The van der Waals surface area contributed by atoms with E-state index in [1.165, 1.54) is 13.2 Å². The molecule has 0 aromatic heterocycles. The van der Waals surface area contributed by atoms with Gasteiger partial charge in [0, 0.05) is 24.7 Å². The summed E-state index contributed by atoms with van der Waals surface area (Å²) in [7, 11) is 1.49. The van der Waals surface area contributed by atoms with Crippen LogP contribution in [0.1, 0.15) is 24.8 Å². The van der Waals surface area contributed by atoms with E-state index >= 15 is 0 Å². The second-order valence-electron chi connectivity index (χ2n) is 7.02. The number of rotatable bonds is 4. The van der Waals surface area contributed by atoms with Crippen molar-refractivity contribution in [2.45, 2.75) is 19.3 Å². The van der Waals surface area contributed by atoms with Crippen LogP contribution in [0, 0.1) is 11.6 Å². The molecule has 2 aromatic rings. The summed E-state index contributed by atoms with van der Waals surface area (Å²) in [5.74, 6) is -2.81. The van der Waals surface area contributed by atoms with Gasteiger partial charge in [0.25, 0.3) is 11.8 Å². The first-order valence-corrected chi connectivity index (χ1v) is 9.49. The smallest absolute Gasteiger partial charge is 0.282 e. The second-order valence-corrected chi connectivity index (χ2v) is 7.02. The van der Waals surface area contributed by atoms with E-state index in [9.17, 15) is 18.4 Å². The number of halogens is 2. The molecular weight excluding hydrogens is 378 g/mol. The van der Waals surface area contributed by atoms with Gasteiger partial charge in [-0.15, -0.1) is 0 Å². The molecule has 1 fully saturated rings. The zero-order valence-corrected chi connectivity index (χ0v) is 16.0. The fraction of sp³-hybridized carbons (Fsp3) is 0.273. The first-order chi connectivity index (χ1) is 14.0. The third kappa shape index (κ3) is 3.26. The normalized spacial score (nSPS) is 17.3. The summed E-state index contributed by atoms with van der Waals surface area (Å²) in [6.45, 7) is 1.30. The van der Waals surface area contributed by atoms with Crippen LogP contribution in [0.2, 0.25) is 0 Å². The van der Waals surface area contributed by atoms with E-state index < -0.39 is 23.4 Å². The molecular formula is C22H20F2N2O3. The molecule has 2 amide bonds. The number of likely N-dealkylation sites (tertiary alicyclic amines) is 1. The Hall–Kier alpha value is -3.22. The van der Waals surface area contributed by atoms with Gasteiger partial charge in [0.2, 0.25) is 0 Å². The number of para-hydroxylation sites is 1. The number of hydrogen-bond acceptors (Lipinski definition) is 4. The van der Waals surface area contributed by atoms with Crippen LogP contribution in [0.4, 0.5) is 14.5 Å². The fourth-order valence-corrected chi connectivity index (χ4v) is 3.88. The van der Waals surface area contributed by atoms with Gasteiger partial charge < -0.3 is 9.64 Å². The summed E-state index contributed by atoms with van der Waals surface area (Å²) in [6.07, 6.45) is 2.88. The number of amides is 2. The Morgan fingerprint density at radius 3 is 2.31 bits per heavy atom. The number of imide groups is 1. The Labute approximate surface area is 167 Å². The summed E-state index contributed by atoms with van der Waals surface area (Å²) >= 11 is 0. The van der Waals surface area contributed by atoms with Crippen LogP contribution < -0.4 is 9.64 Å². The first-order valence-electron chi connectivity index (χ1n) is 9.49. The number of methoxy groups -OCH3 is 1. The molecule has 0 radical (unpaired) electrons. The number of carbonyl (C=O) groups is 2. The largest absolute Gasteiger partial charge is 0.496 e. The molecule has 2 aliphatic rings. The van der Waals surface area contributed by atoms with Crippen molar-refractivity contribution in [1.82, 2.24) is 4.90 Å². The summed E-state index contributed by atoms with van der Waals surface area (Å²) in [4.78, 5) is 29.5. The minimum atomic E-state index is -1.12. The number of ether oxygens (including phenoxy) is 1. The van der Waals surface area contributed by atoms with E-state index in [1.807, 2.05) is 4.90 Å². The Morgan fingerprint density at radius 2 is 1.62 bits per heavy atom. The van der Waals surface area contributed by atoms with Gasteiger partial charge in [0.15, 0.2) is 11.6 Å². The average molecular weight is 398 g/mol. The van der Waals surface area contributed by atoms with Crippen molar-refractivity contribution in [3.63, 3.8) is 0 Å². The molecule has 1 saturated heterocycles. The molecule has 0 N–H and O–H groups in total. The molecule has 2 heterocycles. The van der Waals surface area contributed by atoms with Crippen molar-refractivity contribution in [2.24, 2.45) is 0 Å². The third-order valence-corrected chi connectivity index (χ3v) is 5.27. The number of hydrogen-bond donors (Lipinski definition) is 0. The van der Waals surface area contributed by atoms with Crippen LogP contribution in [0.3, 0.4) is 0 Å². The van der Waals surface area contributed by atoms with Crippen LogP contribution >= 0.6 is 0 Å². The lowest BCUT2D eigenvalue weighted by Crippen LogP contribution is -2.37. The van der Waals surface area contributed by atoms with Gasteiger partial charge in [0.05, 0.1) is 18.4 Å². The molecule has 0 spiro atoms. The van der Waals surface area contributed by atoms with E-state index in [4.69, 9.17) is 4.74 Å². The Kier molecular flexibility index (Phi) is 5.05. The van der Waals surface area contributed by atoms with E-state index in [-0.39, 0.29) is 17.0 Å². The average Bonchev–Trinajstić information content (AvgIpc) is 3.00. The van der Waals surface area contributed by atoms with E-state index in [1.54, 1.807) is 24.3 Å². The van der Waals surface area contributed by atoms with Gasteiger partial charge in [-0.2, -0.15) is 0 Å². The standard InChI is InChI=1S/C22H20F2N2O3/c1-29-18-8-4-3-7-15(18)19-20(25-11-5-2-6-12-25)22(28)26(21(19)27)14-9-10-16(23)17(24)13-14/h3-4,7-10,13H,2,5-6,11-12H2,1H3. The number of anilines is 1. The van der Waals surface area contributed by atoms with Crippen molar-refractivity contribution in [3.8, 4) is 5.75 Å². The topological polar surface area (TPSA) is 49.9 Å². The zero-order valence-electron chi connectivity index (χ0n) is 16.0. The molecule has 5 nitrogen and oxygen atoms in total. The van der Waals surface area contributed by atoms with Crippen molar-refractivity contribution in [1.29, 1.82) is 0 Å². The molecule has 150 valence electrons. The molecule has 0 saturated carbocycles. The minimum absolute atomic E-state index is 0.00157. The lowest BCUT2D eigenvalue weighted by atomic mass is 10.0. The first kappa shape index (κ1) is 19.1. The predicted molar refractivity (Wildman–Crippen MR) is 104 cm³/mol. The highest BCUT2D eigenvalue weighted by Gasteiger charge is 2.43. The maximum atomic E-state index is 13.8. The fourth-order valence-electron chi connectivity index (χ4n) is 3.88. The summed E-state index contributed by atoms with van der Waals surface area (Å²) in [5.41, 5.74) is 1.00. The van der Waals surface area contributed by atoms with Crippen LogP contribution in [0.25, 0.3) is 5.57 Å². The van der Waals surface area contributed by atoms with Crippen LogP contribution in [-0.4, -0.2) is 36.9 Å². The highest BCUT2D eigenvalue weighted by atomic mass is 19.2. The van der Waals surface area contributed by atoms with Crippen molar-refractivity contribution < 1.29 is 23.1 Å². The zero-order chi connectivity index (χ0) is 20.5. The predicted octanol–water partition coefficient (Wildman–Crippen LogP) is 3.74. The number of nitrogens with zero attached hydrogens (tertiary/aromatic N) is 2. The summed E-state index contributed by atoms with van der Waals surface area (Å²) in [6, 6.07) is 9.98. The molecule has 2 aliphatic heterocycles. The Bertz CT molecular complexity index is 1010. The van der Waals surface area contributed by atoms with Crippen LogP contribution in [0.5, 0.6) is 5.75 Å². The van der Waals surface area contributed by atoms with Crippen molar-refractivity contribution in [3.05, 3.63) is 65.4 Å². The van der Waals surface area contributed by atoms with E-state index in [0.717, 1.165) is 36.3 Å². The number of carbonyl (C=O) groups excluding carboxylic acids is 2. The SMILES string of the molecule is COc1ccccc1C1=C(N2CCCCC2)C(=O)N(c2ccc(F)c(F)c2)C1=O. The number of piperidine rings is 1. The van der Waals surface area contributed by atoms with Gasteiger partial charge in [-0.05, 0) is 37.5 Å². The van der Waals surface area contributed by atoms with Gasteiger partial charge in [0.1, 0.15) is 11.4 Å². The molecule has 29 heavy (non-hydrogen) atoms. The van der Waals surface area contributed by atoms with Gasteiger partial charge in [-0.25, -0.2) is 13.7 Å². The summed E-state index contributed by atoms with van der Waals surface area (Å²) < 4.78 is 32.6. The lowest BCUT2D eigenvalue weighted by Gasteiger charge is -2.29. The molecule has 0 unspecified atom stereocenters. The van der Waals surface area contributed by atoms with E-state index in [0.29, 0.717) is 24.4 Å². The van der Waals surface area contributed by atoms with E-state index in [2.05, 4.69) is 0 Å². The van der Waals surface area contributed by atoms with Crippen LogP contribution in [-0.2, 0) is 9.59 Å². The molecule has 0 aliphatic carbocycles. The maximum absolute atomic E-state index is 13.8. The summed E-state index contributed by atoms with van der Waals surface area (Å²) in [5, 5.41) is 0. The monoisotopic (exact) mass is 398 g/mol. The molecule has 4 rings (SSSR count). The quantitative estimate of drug-likeness (QED) is 0.737. The highest BCUT2D eigenvalue weighted by molar-refractivity contribution is 6.45. The maximum Gasteiger partial charge on any atom is 0.282 e. The van der Waals surface area contributed by atoms with Crippen molar-refractivity contribution in [2.75, 3.05) is 25.1 Å². The molecule has 2 aromatic carbocycles. The highest BCUT2D eigenvalue weighted by Crippen LogP contribution is 2.39. The Morgan fingerprint density at radius 1 is 0.897 bits per heavy atom. The second kappa shape index (κ2) is 7.66. The van der Waals surface area contributed by atoms with Gasteiger partial charge in [-0.1, -0.05) is 18.2 Å². The molecule has 7 heteroatoms. The molecule has 0 bridgehead atoms. The number of benzene rings is 2. The minimum Gasteiger partial charge on any atom is -0.496 e. The van der Waals surface area contributed by atoms with Crippen molar-refractivity contribution >= 4 is 23.1 Å². The third-order valence-electron chi connectivity index (χ3n) is 5.27.